The summed E-state index contributed by atoms with van der Waals surface area (Å²) in [6, 6.07) is 4.76. The normalized spacial score (nSPS) is 21.4. The second-order valence-electron chi connectivity index (χ2n) is 5.27. The van der Waals surface area contributed by atoms with Gasteiger partial charge in [0.2, 0.25) is 0 Å². The molecule has 1 saturated heterocycles. The molecule has 1 atom stereocenters. The maximum Gasteiger partial charge on any atom is 0.322 e. The highest BCUT2D eigenvalue weighted by Crippen LogP contribution is 2.31. The number of nitrogens with one attached hydrogen (secondary N) is 2. The van der Waals surface area contributed by atoms with Crippen molar-refractivity contribution in [1.82, 2.24) is 15.2 Å². The van der Waals surface area contributed by atoms with Crippen LogP contribution < -0.4 is 15.4 Å². The number of aromatic nitrogens is 1. The Bertz CT molecular complexity index is 752. The summed E-state index contributed by atoms with van der Waals surface area (Å²) in [6.07, 6.45) is 1.72. The fourth-order valence-corrected chi connectivity index (χ4v) is 2.51. The number of fused-ring (bicyclic) bond motifs is 1. The predicted octanol–water partition coefficient (Wildman–Crippen LogP) is 0.954. The van der Waals surface area contributed by atoms with E-state index in [4.69, 9.17) is 4.74 Å². The van der Waals surface area contributed by atoms with Gasteiger partial charge in [-0.15, -0.1) is 0 Å². The Kier molecular flexibility index (Phi) is 2.79. The molecule has 3 rings (SSSR count). The molecule has 1 unspecified atom stereocenters. The molecule has 3 N–H and O–H groups in total. The summed E-state index contributed by atoms with van der Waals surface area (Å²) in [5.41, 5.74) is -1.09. The van der Waals surface area contributed by atoms with Gasteiger partial charge in [-0.2, -0.15) is 0 Å². The third kappa shape index (κ3) is 2.06. The zero-order valence-corrected chi connectivity index (χ0v) is 11.6. The molecular weight excluding hydrogens is 274 g/mol. The molecule has 1 aliphatic heterocycles. The van der Waals surface area contributed by atoms with Crippen molar-refractivity contribution in [1.29, 1.82) is 0 Å². The fourth-order valence-electron chi connectivity index (χ4n) is 2.51. The van der Waals surface area contributed by atoms with Crippen molar-refractivity contribution in [3.05, 3.63) is 24.4 Å². The molecule has 110 valence electrons. The molecule has 1 aliphatic rings. The van der Waals surface area contributed by atoms with Gasteiger partial charge in [-0.1, -0.05) is 0 Å². The Labute approximate surface area is 120 Å². The van der Waals surface area contributed by atoms with E-state index < -0.39 is 17.5 Å². The van der Waals surface area contributed by atoms with E-state index in [2.05, 4.69) is 10.6 Å². The van der Waals surface area contributed by atoms with Crippen molar-refractivity contribution >= 4 is 22.7 Å². The molecule has 7 heteroatoms. The van der Waals surface area contributed by atoms with Crippen LogP contribution in [0.5, 0.6) is 11.6 Å². The Hall–Kier alpha value is -2.70. The summed E-state index contributed by atoms with van der Waals surface area (Å²) in [6.45, 7) is 1.74. The molecule has 21 heavy (non-hydrogen) atoms. The minimum atomic E-state index is -1.09. The summed E-state index contributed by atoms with van der Waals surface area (Å²) in [5, 5.41) is 16.5. The van der Waals surface area contributed by atoms with Crippen molar-refractivity contribution in [2.75, 3.05) is 7.11 Å². The number of hydrogen-bond donors (Lipinski definition) is 3. The molecule has 3 amide bonds. The molecule has 1 aromatic heterocycles. The van der Waals surface area contributed by atoms with Gasteiger partial charge in [-0.05, 0) is 25.1 Å². The lowest BCUT2D eigenvalue weighted by molar-refractivity contribution is -0.123. The predicted molar refractivity (Wildman–Crippen MR) is 75.2 cm³/mol. The Morgan fingerprint density at radius 1 is 1.38 bits per heavy atom. The number of carbonyl (C=O) groups is 2. The third-order valence-electron chi connectivity index (χ3n) is 3.67. The second kappa shape index (κ2) is 4.41. The molecule has 0 radical (unpaired) electrons. The Morgan fingerprint density at radius 3 is 2.76 bits per heavy atom. The number of amides is 3. The summed E-state index contributed by atoms with van der Waals surface area (Å²) in [5.74, 6) is 0.308. The molecule has 2 heterocycles. The number of ether oxygens (including phenoxy) is 1. The summed E-state index contributed by atoms with van der Waals surface area (Å²) >= 11 is 0. The van der Waals surface area contributed by atoms with Crippen LogP contribution in [0.2, 0.25) is 0 Å². The highest BCUT2D eigenvalue weighted by molar-refractivity contribution is 6.06. The average Bonchev–Trinajstić information content (AvgIpc) is 2.87. The van der Waals surface area contributed by atoms with Crippen LogP contribution in [0.25, 0.3) is 10.8 Å². The largest absolute Gasteiger partial charge is 0.497 e. The third-order valence-corrected chi connectivity index (χ3v) is 3.67. The number of hydrogen-bond acceptors (Lipinski definition) is 4. The number of nitrogens with zero attached hydrogens (tertiary/aromatic N) is 1. The van der Waals surface area contributed by atoms with Gasteiger partial charge in [0.15, 0.2) is 5.88 Å². The minimum absolute atomic E-state index is 0.0443. The quantitative estimate of drug-likeness (QED) is 0.734. The molecule has 1 aromatic carbocycles. The highest BCUT2D eigenvalue weighted by atomic mass is 16.5. The number of carbonyl (C=O) groups excluding carboxylic acids is 2. The van der Waals surface area contributed by atoms with Gasteiger partial charge < -0.3 is 19.7 Å². The molecule has 1 fully saturated rings. The maximum atomic E-state index is 11.8. The number of imide groups is 1. The van der Waals surface area contributed by atoms with Crippen molar-refractivity contribution in [3.63, 3.8) is 0 Å². The molecule has 0 aliphatic carbocycles. The Balaban J connectivity index is 1.99. The van der Waals surface area contributed by atoms with E-state index in [1.165, 1.54) is 4.57 Å². The van der Waals surface area contributed by atoms with Gasteiger partial charge in [0.1, 0.15) is 11.3 Å². The van der Waals surface area contributed by atoms with Gasteiger partial charge in [0.05, 0.1) is 13.7 Å². The molecule has 7 nitrogen and oxygen atoms in total. The second-order valence-corrected chi connectivity index (χ2v) is 5.27. The lowest BCUT2D eigenvalue weighted by atomic mass is 10.0. The van der Waals surface area contributed by atoms with Gasteiger partial charge >= 0.3 is 6.03 Å². The number of methoxy groups -OCH3 is 1. The molecule has 2 aromatic rings. The van der Waals surface area contributed by atoms with Crippen LogP contribution >= 0.6 is 0 Å². The molecule has 0 saturated carbocycles. The standard InChI is InChI=1S/C14H15N3O4/c1-14(12(19)15-13(20)16-14)7-17-6-8-5-9(21-2)3-4-10(8)11(17)18/h3-6,18H,7H2,1-2H3,(H2,15,16,19,20). The zero-order valence-electron chi connectivity index (χ0n) is 11.6. The van der Waals surface area contributed by atoms with Gasteiger partial charge in [-0.25, -0.2) is 4.79 Å². The van der Waals surface area contributed by atoms with E-state index in [1.807, 2.05) is 0 Å². The monoisotopic (exact) mass is 289 g/mol. The zero-order chi connectivity index (χ0) is 15.2. The van der Waals surface area contributed by atoms with E-state index >= 15 is 0 Å². The van der Waals surface area contributed by atoms with Crippen LogP contribution in [0.3, 0.4) is 0 Å². The minimum Gasteiger partial charge on any atom is -0.497 e. The van der Waals surface area contributed by atoms with E-state index in [-0.39, 0.29) is 12.4 Å². The number of aromatic hydroxyl groups is 1. The van der Waals surface area contributed by atoms with Crippen LogP contribution in [-0.2, 0) is 11.3 Å². The SMILES string of the molecule is COc1ccc2c(O)n(CC3(C)NC(=O)NC3=O)cc2c1. The number of benzene rings is 1. The van der Waals surface area contributed by atoms with Crippen LogP contribution in [0.15, 0.2) is 24.4 Å². The van der Waals surface area contributed by atoms with Crippen LogP contribution in [0.1, 0.15) is 6.92 Å². The highest BCUT2D eigenvalue weighted by Gasteiger charge is 2.42. The van der Waals surface area contributed by atoms with E-state index in [1.54, 1.807) is 38.4 Å². The Morgan fingerprint density at radius 2 is 2.14 bits per heavy atom. The lowest BCUT2D eigenvalue weighted by Crippen LogP contribution is -2.47. The topological polar surface area (TPSA) is 92.6 Å². The van der Waals surface area contributed by atoms with Crippen molar-refractivity contribution in [2.45, 2.75) is 19.0 Å². The van der Waals surface area contributed by atoms with Gasteiger partial charge in [-0.3, -0.25) is 10.1 Å². The number of rotatable bonds is 3. The summed E-state index contributed by atoms with van der Waals surface area (Å²) in [4.78, 5) is 23.1. The summed E-state index contributed by atoms with van der Waals surface area (Å²) in [7, 11) is 1.57. The average molecular weight is 289 g/mol. The first-order valence-electron chi connectivity index (χ1n) is 6.42. The first kappa shape index (κ1) is 13.3. The van der Waals surface area contributed by atoms with Crippen LogP contribution in [0, 0.1) is 0 Å². The molecule has 0 spiro atoms. The van der Waals surface area contributed by atoms with Crippen LogP contribution in [-0.4, -0.2) is 34.3 Å². The molecule has 0 bridgehead atoms. The first-order valence-corrected chi connectivity index (χ1v) is 6.42. The van der Waals surface area contributed by atoms with E-state index in [9.17, 15) is 14.7 Å². The molecular formula is C14H15N3O4. The van der Waals surface area contributed by atoms with Crippen molar-refractivity contribution < 1.29 is 19.4 Å². The smallest absolute Gasteiger partial charge is 0.322 e. The van der Waals surface area contributed by atoms with Crippen molar-refractivity contribution in [3.8, 4) is 11.6 Å². The van der Waals surface area contributed by atoms with E-state index in [0.29, 0.717) is 11.1 Å². The van der Waals surface area contributed by atoms with E-state index in [0.717, 1.165) is 5.39 Å². The van der Waals surface area contributed by atoms with Crippen LogP contribution in [0.4, 0.5) is 4.79 Å². The van der Waals surface area contributed by atoms with Gasteiger partial charge in [0, 0.05) is 17.0 Å². The first-order chi connectivity index (χ1) is 9.93. The number of urea groups is 1. The fraction of sp³-hybridized carbons (Fsp3) is 0.286. The van der Waals surface area contributed by atoms with Crippen molar-refractivity contribution in [2.24, 2.45) is 0 Å². The lowest BCUT2D eigenvalue weighted by Gasteiger charge is -2.21. The summed E-state index contributed by atoms with van der Waals surface area (Å²) < 4.78 is 6.68. The maximum absolute atomic E-state index is 11.8. The van der Waals surface area contributed by atoms with Gasteiger partial charge in [0.25, 0.3) is 5.91 Å².